The molecule has 6 nitrogen and oxygen atoms in total. The van der Waals surface area contributed by atoms with Gasteiger partial charge in [-0.15, -0.1) is 0 Å². The first-order valence-corrected chi connectivity index (χ1v) is 8.77. The van der Waals surface area contributed by atoms with Crippen LogP contribution in [-0.4, -0.2) is 22.5 Å². The highest BCUT2D eigenvalue weighted by Gasteiger charge is 2.32. The second-order valence-corrected chi connectivity index (χ2v) is 7.77. The number of para-hydroxylation sites is 1. The van der Waals surface area contributed by atoms with E-state index in [-0.39, 0.29) is 0 Å². The van der Waals surface area contributed by atoms with Crippen molar-refractivity contribution in [3.8, 4) is 0 Å². The second kappa shape index (κ2) is 6.79. The van der Waals surface area contributed by atoms with Gasteiger partial charge in [0, 0.05) is 11.2 Å². The molecule has 1 N–H and O–H groups in total. The predicted molar refractivity (Wildman–Crippen MR) is 81.0 cm³/mol. The van der Waals surface area contributed by atoms with E-state index in [2.05, 4.69) is 4.52 Å². The molecule has 0 radical (unpaired) electrons. The van der Waals surface area contributed by atoms with Crippen molar-refractivity contribution in [1.82, 2.24) is 0 Å². The number of hydrogen-bond donors (Lipinski definition) is 1. The number of hydrogen-bond acceptors (Lipinski definition) is 5. The summed E-state index contributed by atoms with van der Waals surface area (Å²) < 4.78 is 15.3. The molecule has 0 aliphatic carbocycles. The van der Waals surface area contributed by atoms with Gasteiger partial charge in [0.25, 0.3) is 0 Å². The van der Waals surface area contributed by atoms with Crippen LogP contribution >= 0.6 is 18.2 Å². The molecule has 0 fully saturated rings. The van der Waals surface area contributed by atoms with Crippen LogP contribution in [-0.2, 0) is 18.7 Å². The average molecular weight is 336 g/mol. The molecule has 2 atom stereocenters. The number of carbonyl (C=O) groups is 1. The topological polar surface area (TPSA) is 76.1 Å². The summed E-state index contributed by atoms with van der Waals surface area (Å²) in [4.78, 5) is 26.6. The van der Waals surface area contributed by atoms with E-state index in [1.165, 1.54) is 12.0 Å². The number of anilines is 1. The molecule has 1 aromatic carbocycles. The zero-order chi connectivity index (χ0) is 16.3. The second-order valence-electron chi connectivity index (χ2n) is 5.40. The van der Waals surface area contributed by atoms with Gasteiger partial charge in [0.05, 0.1) is 11.3 Å². The number of halogens is 1. The van der Waals surface area contributed by atoms with Gasteiger partial charge in [-0.1, -0.05) is 18.2 Å². The lowest BCUT2D eigenvalue weighted by atomic mass is 10.2. The molecule has 0 spiro atoms. The standard InChI is InChI=1S/C13H19ClNO5P/c1-10(12(16)19-21(14,17)18)15(20-13(2,3)4)11-8-6-5-7-9-11/h5-10H,1-4H3,(H,17,18)/t10-/m0/s1. The van der Waals surface area contributed by atoms with Crippen molar-refractivity contribution in [3.63, 3.8) is 0 Å². The molecule has 0 heterocycles. The molecule has 0 aliphatic rings. The molecule has 118 valence electrons. The fourth-order valence-electron chi connectivity index (χ4n) is 1.51. The van der Waals surface area contributed by atoms with E-state index >= 15 is 0 Å². The monoisotopic (exact) mass is 335 g/mol. The number of nitrogens with zero attached hydrogens (tertiary/aromatic N) is 1. The van der Waals surface area contributed by atoms with E-state index < -0.39 is 24.6 Å². The lowest BCUT2D eigenvalue weighted by molar-refractivity contribution is -0.139. The first-order chi connectivity index (χ1) is 9.49. The minimum Gasteiger partial charge on any atom is -0.379 e. The summed E-state index contributed by atoms with van der Waals surface area (Å²) in [6.45, 7) is 2.53. The molecule has 0 aromatic heterocycles. The highest BCUT2D eigenvalue weighted by atomic mass is 35.7. The number of hydroxylamine groups is 1. The van der Waals surface area contributed by atoms with Gasteiger partial charge < -0.3 is 9.42 Å². The summed E-state index contributed by atoms with van der Waals surface area (Å²) in [5.74, 6) is -0.955. The van der Waals surface area contributed by atoms with Gasteiger partial charge >= 0.3 is 12.9 Å². The van der Waals surface area contributed by atoms with Gasteiger partial charge in [-0.3, -0.25) is 4.84 Å². The first-order valence-electron chi connectivity index (χ1n) is 6.29. The average Bonchev–Trinajstić information content (AvgIpc) is 2.33. The molecular formula is C13H19ClNO5P. The number of carbonyl (C=O) groups excluding carboxylic acids is 1. The Hall–Kier alpha value is -1.07. The summed E-state index contributed by atoms with van der Waals surface area (Å²) in [7, 11) is 0. The predicted octanol–water partition coefficient (Wildman–Crippen LogP) is 3.49. The van der Waals surface area contributed by atoms with E-state index in [0.717, 1.165) is 0 Å². The van der Waals surface area contributed by atoms with Crippen LogP contribution in [0.4, 0.5) is 5.69 Å². The van der Waals surface area contributed by atoms with Gasteiger partial charge in [-0.05, 0) is 39.8 Å². The lowest BCUT2D eigenvalue weighted by Gasteiger charge is -2.34. The van der Waals surface area contributed by atoms with Crippen LogP contribution in [0.1, 0.15) is 27.7 Å². The van der Waals surface area contributed by atoms with Crippen molar-refractivity contribution in [2.75, 3.05) is 5.06 Å². The minimum absolute atomic E-state index is 0.575. The van der Waals surface area contributed by atoms with Crippen LogP contribution in [0.3, 0.4) is 0 Å². The quantitative estimate of drug-likeness (QED) is 0.655. The molecule has 8 heteroatoms. The summed E-state index contributed by atoms with van der Waals surface area (Å²) in [6.07, 6.45) is 0. The van der Waals surface area contributed by atoms with Gasteiger partial charge in [0.1, 0.15) is 0 Å². The molecule has 0 bridgehead atoms. The van der Waals surface area contributed by atoms with Crippen molar-refractivity contribution in [3.05, 3.63) is 30.3 Å². The van der Waals surface area contributed by atoms with Gasteiger partial charge in [-0.25, -0.2) is 14.4 Å². The van der Waals surface area contributed by atoms with Gasteiger partial charge in [0.15, 0.2) is 6.04 Å². The maximum absolute atomic E-state index is 11.9. The smallest absolute Gasteiger partial charge is 0.379 e. The maximum Gasteiger partial charge on any atom is 0.476 e. The Bertz CT molecular complexity index is 525. The Morgan fingerprint density at radius 2 is 1.86 bits per heavy atom. The van der Waals surface area contributed by atoms with Gasteiger partial charge in [-0.2, -0.15) is 0 Å². The van der Waals surface area contributed by atoms with Crippen LogP contribution in [0.5, 0.6) is 0 Å². The largest absolute Gasteiger partial charge is 0.476 e. The Balaban J connectivity index is 3.01. The van der Waals surface area contributed by atoms with Crippen molar-refractivity contribution in [1.29, 1.82) is 0 Å². The third kappa shape index (κ3) is 6.48. The number of rotatable bonds is 5. The highest BCUT2D eigenvalue weighted by Crippen LogP contribution is 2.48. The molecule has 21 heavy (non-hydrogen) atoms. The zero-order valence-electron chi connectivity index (χ0n) is 12.3. The summed E-state index contributed by atoms with van der Waals surface area (Å²) in [6, 6.07) is 7.92. The summed E-state index contributed by atoms with van der Waals surface area (Å²) in [5.41, 5.74) is 0.0352. The van der Waals surface area contributed by atoms with Crippen molar-refractivity contribution in [2.45, 2.75) is 39.3 Å². The molecule has 0 saturated carbocycles. The van der Waals surface area contributed by atoms with Crippen LogP contribution in [0, 0.1) is 0 Å². The normalized spacial score (nSPS) is 15.9. The fraction of sp³-hybridized carbons (Fsp3) is 0.462. The Kier molecular flexibility index (Phi) is 5.82. The Morgan fingerprint density at radius 1 is 1.33 bits per heavy atom. The van der Waals surface area contributed by atoms with Gasteiger partial charge in [0.2, 0.25) is 0 Å². The molecular weight excluding hydrogens is 317 g/mol. The van der Waals surface area contributed by atoms with Crippen molar-refractivity contribution < 1.29 is 23.6 Å². The Labute approximate surface area is 128 Å². The Morgan fingerprint density at radius 3 is 2.29 bits per heavy atom. The molecule has 1 unspecified atom stereocenters. The highest BCUT2D eigenvalue weighted by molar-refractivity contribution is 7.80. The zero-order valence-corrected chi connectivity index (χ0v) is 14.0. The van der Waals surface area contributed by atoms with E-state index in [0.29, 0.717) is 5.69 Å². The third-order valence-electron chi connectivity index (χ3n) is 2.28. The minimum atomic E-state index is -4.42. The summed E-state index contributed by atoms with van der Waals surface area (Å²) >= 11 is 5.06. The molecule has 0 amide bonds. The number of benzene rings is 1. The maximum atomic E-state index is 11.9. The fourth-order valence-corrected chi connectivity index (χ4v) is 2.09. The van der Waals surface area contributed by atoms with E-state index in [9.17, 15) is 9.36 Å². The first kappa shape index (κ1) is 18.0. The molecule has 1 aromatic rings. The molecule has 0 saturated heterocycles. The SMILES string of the molecule is C[C@@H](C(=O)OP(=O)(O)Cl)N(OC(C)(C)C)c1ccccc1. The van der Waals surface area contributed by atoms with Crippen molar-refractivity contribution in [2.24, 2.45) is 0 Å². The summed E-state index contributed by atoms with van der Waals surface area (Å²) in [5, 5.41) is 1.33. The van der Waals surface area contributed by atoms with Crippen LogP contribution in [0.15, 0.2) is 30.3 Å². The van der Waals surface area contributed by atoms with E-state index in [4.69, 9.17) is 21.0 Å². The lowest BCUT2D eigenvalue weighted by Crippen LogP contribution is -2.44. The van der Waals surface area contributed by atoms with Crippen LogP contribution < -0.4 is 5.06 Å². The van der Waals surface area contributed by atoms with Crippen molar-refractivity contribution >= 4 is 29.8 Å². The van der Waals surface area contributed by atoms with Crippen LogP contribution in [0.25, 0.3) is 0 Å². The third-order valence-corrected chi connectivity index (χ3v) is 2.89. The van der Waals surface area contributed by atoms with Crippen LogP contribution in [0.2, 0.25) is 0 Å². The molecule has 0 aliphatic heterocycles. The molecule has 1 rings (SSSR count). The van der Waals surface area contributed by atoms with E-state index in [1.54, 1.807) is 24.3 Å². The van der Waals surface area contributed by atoms with E-state index in [1.807, 2.05) is 26.8 Å².